The molecule has 2 rings (SSSR count). The molecular formula is C24H28O2. The maximum absolute atomic E-state index is 9.99. The van der Waals surface area contributed by atoms with Crippen molar-refractivity contribution in [2.24, 2.45) is 0 Å². The molecule has 2 unspecified atom stereocenters. The normalized spacial score (nSPS) is 13.2. The minimum atomic E-state index is -0.396. The van der Waals surface area contributed by atoms with Gasteiger partial charge in [0.15, 0.2) is 0 Å². The highest BCUT2D eigenvalue weighted by molar-refractivity contribution is 5.17. The number of allylic oxidation sites excluding steroid dienone is 1. The number of aliphatic hydroxyl groups is 2. The Bertz CT molecular complexity index is 695. The van der Waals surface area contributed by atoms with E-state index in [1.54, 1.807) is 6.08 Å². The van der Waals surface area contributed by atoms with Crippen molar-refractivity contribution in [1.29, 1.82) is 0 Å². The molecule has 2 aromatic rings. The molecule has 0 aromatic heterocycles. The van der Waals surface area contributed by atoms with Gasteiger partial charge in [-0.05, 0) is 49.3 Å². The molecule has 2 aromatic carbocycles. The topological polar surface area (TPSA) is 40.5 Å². The lowest BCUT2D eigenvalue weighted by Gasteiger charge is -2.07. The number of aliphatic hydroxyl groups excluding tert-OH is 2. The van der Waals surface area contributed by atoms with Crippen molar-refractivity contribution >= 4 is 0 Å². The molecule has 2 heteroatoms. The highest BCUT2D eigenvalue weighted by atomic mass is 16.3. The fraction of sp³-hybridized carbons (Fsp3) is 0.333. The minimum Gasteiger partial charge on any atom is -0.393 e. The molecular weight excluding hydrogens is 320 g/mol. The van der Waals surface area contributed by atoms with Gasteiger partial charge in [-0.25, -0.2) is 0 Å². The summed E-state index contributed by atoms with van der Waals surface area (Å²) in [6.45, 7) is 0. The fourth-order valence-electron chi connectivity index (χ4n) is 2.70. The van der Waals surface area contributed by atoms with Crippen LogP contribution < -0.4 is 0 Å². The van der Waals surface area contributed by atoms with Crippen LogP contribution in [0.25, 0.3) is 0 Å². The van der Waals surface area contributed by atoms with Crippen LogP contribution in [0.5, 0.6) is 0 Å². The summed E-state index contributed by atoms with van der Waals surface area (Å²) in [6.07, 6.45) is 7.25. The second kappa shape index (κ2) is 12.1. The Labute approximate surface area is 157 Å². The molecule has 0 saturated carbocycles. The van der Waals surface area contributed by atoms with Crippen molar-refractivity contribution in [3.8, 4) is 11.8 Å². The Morgan fingerprint density at radius 2 is 1.31 bits per heavy atom. The fourth-order valence-corrected chi connectivity index (χ4v) is 2.70. The van der Waals surface area contributed by atoms with Crippen LogP contribution in [0.2, 0.25) is 0 Å². The van der Waals surface area contributed by atoms with Crippen LogP contribution in [0.4, 0.5) is 0 Å². The summed E-state index contributed by atoms with van der Waals surface area (Å²) in [5.74, 6) is 5.93. The molecule has 0 aliphatic heterocycles. The Morgan fingerprint density at radius 1 is 0.769 bits per heavy atom. The molecule has 0 radical (unpaired) electrons. The molecule has 0 saturated heterocycles. The summed E-state index contributed by atoms with van der Waals surface area (Å²) in [6, 6.07) is 20.4. The first-order valence-corrected chi connectivity index (χ1v) is 9.31. The highest BCUT2D eigenvalue weighted by Crippen LogP contribution is 2.08. The second-order valence-corrected chi connectivity index (χ2v) is 6.52. The van der Waals surface area contributed by atoms with Gasteiger partial charge in [0.1, 0.15) is 0 Å². The van der Waals surface area contributed by atoms with Gasteiger partial charge < -0.3 is 10.2 Å². The number of rotatable bonds is 9. The van der Waals surface area contributed by atoms with Crippen molar-refractivity contribution in [3.63, 3.8) is 0 Å². The summed E-state index contributed by atoms with van der Waals surface area (Å²) in [5.41, 5.74) is 2.49. The van der Waals surface area contributed by atoms with E-state index < -0.39 is 6.10 Å². The smallest absolute Gasteiger partial charge is 0.0652 e. The summed E-state index contributed by atoms with van der Waals surface area (Å²) < 4.78 is 0. The summed E-state index contributed by atoms with van der Waals surface area (Å²) in [5, 5.41) is 20.0. The molecule has 0 aliphatic carbocycles. The largest absolute Gasteiger partial charge is 0.393 e. The third kappa shape index (κ3) is 8.67. The number of hydrogen-bond donors (Lipinski definition) is 2. The molecule has 2 atom stereocenters. The van der Waals surface area contributed by atoms with Gasteiger partial charge in [-0.1, -0.05) is 78.6 Å². The van der Waals surface area contributed by atoms with Crippen LogP contribution in [0.15, 0.2) is 72.8 Å². The van der Waals surface area contributed by atoms with Gasteiger partial charge in [-0.3, -0.25) is 0 Å². The number of benzene rings is 2. The van der Waals surface area contributed by atoms with Crippen molar-refractivity contribution in [2.75, 3.05) is 0 Å². The lowest BCUT2D eigenvalue weighted by molar-refractivity contribution is 0.168. The molecule has 0 amide bonds. The Balaban J connectivity index is 1.58. The van der Waals surface area contributed by atoms with Gasteiger partial charge in [-0.15, -0.1) is 0 Å². The van der Waals surface area contributed by atoms with E-state index in [0.29, 0.717) is 12.8 Å². The second-order valence-electron chi connectivity index (χ2n) is 6.52. The van der Waals surface area contributed by atoms with E-state index in [0.717, 1.165) is 25.7 Å². The van der Waals surface area contributed by atoms with Gasteiger partial charge >= 0.3 is 0 Å². The first kappa shape index (κ1) is 20.0. The Morgan fingerprint density at radius 3 is 1.88 bits per heavy atom. The molecule has 136 valence electrons. The molecule has 0 fully saturated rings. The predicted molar refractivity (Wildman–Crippen MR) is 108 cm³/mol. The third-order valence-electron chi connectivity index (χ3n) is 4.27. The molecule has 26 heavy (non-hydrogen) atoms. The van der Waals surface area contributed by atoms with Gasteiger partial charge in [0.25, 0.3) is 0 Å². The lowest BCUT2D eigenvalue weighted by Crippen LogP contribution is -2.06. The third-order valence-corrected chi connectivity index (χ3v) is 4.27. The predicted octanol–water partition coefficient (Wildman–Crippen LogP) is 4.31. The van der Waals surface area contributed by atoms with Crippen molar-refractivity contribution < 1.29 is 10.2 Å². The Hall–Kier alpha value is -2.34. The van der Waals surface area contributed by atoms with E-state index >= 15 is 0 Å². The molecule has 0 spiro atoms. The first-order chi connectivity index (χ1) is 12.7. The standard InChI is InChI=1S/C24H28O2/c25-23(19-17-21-11-5-3-6-12-21)15-9-1-2-10-16-24(26)20-18-22-13-7-4-8-14-22/h1,3-9,11-14,23-26H,15-20H2/b9-1+. The summed E-state index contributed by atoms with van der Waals surface area (Å²) >= 11 is 0. The first-order valence-electron chi connectivity index (χ1n) is 9.31. The van der Waals surface area contributed by atoms with Gasteiger partial charge in [0.2, 0.25) is 0 Å². The van der Waals surface area contributed by atoms with Crippen molar-refractivity contribution in [3.05, 3.63) is 83.9 Å². The molecule has 0 heterocycles. The zero-order valence-electron chi connectivity index (χ0n) is 15.2. The average Bonchev–Trinajstić information content (AvgIpc) is 2.69. The maximum atomic E-state index is 9.99. The number of hydrogen-bond acceptors (Lipinski definition) is 2. The summed E-state index contributed by atoms with van der Waals surface area (Å²) in [4.78, 5) is 0. The van der Waals surface area contributed by atoms with Crippen LogP contribution in [-0.4, -0.2) is 22.4 Å². The highest BCUT2D eigenvalue weighted by Gasteiger charge is 2.03. The van der Waals surface area contributed by atoms with Crippen LogP contribution >= 0.6 is 0 Å². The van der Waals surface area contributed by atoms with Gasteiger partial charge in [0, 0.05) is 6.42 Å². The SMILES string of the molecule is OC(CC#C/C=C/CC(O)CCc1ccccc1)CCc1ccccc1. The Kier molecular flexibility index (Phi) is 9.29. The summed E-state index contributed by atoms with van der Waals surface area (Å²) in [7, 11) is 0. The van der Waals surface area contributed by atoms with Gasteiger partial charge in [0.05, 0.1) is 12.2 Å². The molecule has 0 bridgehead atoms. The zero-order chi connectivity index (χ0) is 18.5. The van der Waals surface area contributed by atoms with Crippen LogP contribution in [0.3, 0.4) is 0 Å². The van der Waals surface area contributed by atoms with E-state index in [1.807, 2.05) is 42.5 Å². The minimum absolute atomic E-state index is 0.343. The average molecular weight is 348 g/mol. The molecule has 2 N–H and O–H groups in total. The molecule has 0 aliphatic rings. The van der Waals surface area contributed by atoms with E-state index in [2.05, 4.69) is 36.1 Å². The van der Waals surface area contributed by atoms with E-state index in [-0.39, 0.29) is 6.10 Å². The quantitative estimate of drug-likeness (QED) is 0.663. The maximum Gasteiger partial charge on any atom is 0.0652 e. The van der Waals surface area contributed by atoms with Crippen LogP contribution in [0, 0.1) is 11.8 Å². The molecule has 2 nitrogen and oxygen atoms in total. The van der Waals surface area contributed by atoms with Gasteiger partial charge in [-0.2, -0.15) is 0 Å². The van der Waals surface area contributed by atoms with E-state index in [4.69, 9.17) is 0 Å². The zero-order valence-corrected chi connectivity index (χ0v) is 15.2. The van der Waals surface area contributed by atoms with Crippen molar-refractivity contribution in [1.82, 2.24) is 0 Å². The van der Waals surface area contributed by atoms with Crippen LogP contribution in [0.1, 0.15) is 36.8 Å². The van der Waals surface area contributed by atoms with E-state index in [1.165, 1.54) is 11.1 Å². The van der Waals surface area contributed by atoms with Crippen LogP contribution in [-0.2, 0) is 12.8 Å². The number of aryl methyl sites for hydroxylation is 2. The monoisotopic (exact) mass is 348 g/mol. The van der Waals surface area contributed by atoms with E-state index in [9.17, 15) is 10.2 Å². The lowest BCUT2D eigenvalue weighted by atomic mass is 10.0. The van der Waals surface area contributed by atoms with Crippen molar-refractivity contribution in [2.45, 2.75) is 50.7 Å².